The predicted molar refractivity (Wildman–Crippen MR) is 113 cm³/mol. The van der Waals surface area contributed by atoms with Gasteiger partial charge >= 0.3 is 0 Å². The molecule has 28 heavy (non-hydrogen) atoms. The first-order chi connectivity index (χ1) is 13.7. The Morgan fingerprint density at radius 1 is 0.964 bits per heavy atom. The van der Waals surface area contributed by atoms with Gasteiger partial charge in [0.05, 0.1) is 12.1 Å². The summed E-state index contributed by atoms with van der Waals surface area (Å²) >= 11 is 1.70. The van der Waals surface area contributed by atoms with Gasteiger partial charge in [-0.3, -0.25) is 14.5 Å². The SMILES string of the molecule is CCSc1ccccc1C(=O)N1CCN(CC(=O)NCc2ccccc2)CC1. The highest BCUT2D eigenvalue weighted by molar-refractivity contribution is 7.99. The molecule has 0 radical (unpaired) electrons. The van der Waals surface area contributed by atoms with Crippen molar-refractivity contribution < 1.29 is 9.59 Å². The third kappa shape index (κ3) is 5.59. The van der Waals surface area contributed by atoms with Gasteiger partial charge in [0.25, 0.3) is 5.91 Å². The second kappa shape index (κ2) is 10.3. The van der Waals surface area contributed by atoms with Crippen molar-refractivity contribution in [2.45, 2.75) is 18.4 Å². The van der Waals surface area contributed by atoms with Crippen LogP contribution < -0.4 is 5.32 Å². The van der Waals surface area contributed by atoms with E-state index >= 15 is 0 Å². The summed E-state index contributed by atoms with van der Waals surface area (Å²) < 4.78 is 0. The second-order valence-electron chi connectivity index (χ2n) is 6.76. The number of hydrogen-bond donors (Lipinski definition) is 1. The first-order valence-corrected chi connectivity index (χ1v) is 10.7. The van der Waals surface area contributed by atoms with Crippen molar-refractivity contribution >= 4 is 23.6 Å². The number of benzene rings is 2. The normalized spacial score (nSPS) is 14.7. The van der Waals surface area contributed by atoms with Crippen LogP contribution in [0.3, 0.4) is 0 Å². The van der Waals surface area contributed by atoms with Crippen molar-refractivity contribution in [1.82, 2.24) is 15.1 Å². The summed E-state index contributed by atoms with van der Waals surface area (Å²) in [6.07, 6.45) is 0. The molecule has 1 saturated heterocycles. The molecule has 1 N–H and O–H groups in total. The van der Waals surface area contributed by atoms with Gasteiger partial charge in [-0.25, -0.2) is 0 Å². The van der Waals surface area contributed by atoms with Gasteiger partial charge in [0.15, 0.2) is 0 Å². The van der Waals surface area contributed by atoms with Gasteiger partial charge in [-0.15, -0.1) is 11.8 Å². The molecule has 0 saturated carbocycles. The second-order valence-corrected chi connectivity index (χ2v) is 8.07. The summed E-state index contributed by atoms with van der Waals surface area (Å²) in [5, 5.41) is 2.96. The molecule has 6 heteroatoms. The zero-order valence-electron chi connectivity index (χ0n) is 16.3. The Labute approximate surface area is 171 Å². The fourth-order valence-electron chi connectivity index (χ4n) is 3.26. The lowest BCUT2D eigenvalue weighted by Crippen LogP contribution is -2.51. The summed E-state index contributed by atoms with van der Waals surface area (Å²) in [6, 6.07) is 17.7. The molecule has 1 heterocycles. The molecule has 0 spiro atoms. The number of carbonyl (C=O) groups is 2. The molecule has 3 rings (SSSR count). The van der Waals surface area contributed by atoms with Crippen LogP contribution >= 0.6 is 11.8 Å². The molecule has 2 aromatic carbocycles. The molecule has 1 aliphatic heterocycles. The van der Waals surface area contributed by atoms with Crippen LogP contribution in [0.4, 0.5) is 0 Å². The molecule has 5 nitrogen and oxygen atoms in total. The average Bonchev–Trinajstić information content (AvgIpc) is 2.74. The van der Waals surface area contributed by atoms with Gasteiger partial charge in [0, 0.05) is 37.6 Å². The molecule has 0 unspecified atom stereocenters. The molecule has 1 fully saturated rings. The summed E-state index contributed by atoms with van der Waals surface area (Å²) in [5.74, 6) is 1.05. The average molecular weight is 398 g/mol. The van der Waals surface area contributed by atoms with E-state index in [1.807, 2.05) is 59.5 Å². The quantitative estimate of drug-likeness (QED) is 0.730. The Balaban J connectivity index is 1.46. The van der Waals surface area contributed by atoms with E-state index in [0.717, 1.165) is 21.8 Å². The van der Waals surface area contributed by atoms with Crippen molar-refractivity contribution in [2.75, 3.05) is 38.5 Å². The van der Waals surface area contributed by atoms with E-state index in [-0.39, 0.29) is 11.8 Å². The smallest absolute Gasteiger partial charge is 0.255 e. The van der Waals surface area contributed by atoms with E-state index in [1.165, 1.54) is 0 Å². The minimum absolute atomic E-state index is 0.0216. The van der Waals surface area contributed by atoms with Crippen molar-refractivity contribution in [3.63, 3.8) is 0 Å². The highest BCUT2D eigenvalue weighted by Gasteiger charge is 2.24. The van der Waals surface area contributed by atoms with Gasteiger partial charge < -0.3 is 10.2 Å². The largest absolute Gasteiger partial charge is 0.351 e. The minimum Gasteiger partial charge on any atom is -0.351 e. The number of rotatable bonds is 7. The van der Waals surface area contributed by atoms with E-state index < -0.39 is 0 Å². The number of amides is 2. The Kier molecular flexibility index (Phi) is 7.51. The molecule has 2 aromatic rings. The van der Waals surface area contributed by atoms with Crippen molar-refractivity contribution in [3.8, 4) is 0 Å². The van der Waals surface area contributed by atoms with Crippen LogP contribution in [0.25, 0.3) is 0 Å². The van der Waals surface area contributed by atoms with Crippen molar-refractivity contribution in [2.24, 2.45) is 0 Å². The van der Waals surface area contributed by atoms with E-state index in [4.69, 9.17) is 0 Å². The summed E-state index contributed by atoms with van der Waals surface area (Å²) in [4.78, 5) is 30.1. The minimum atomic E-state index is 0.0216. The van der Waals surface area contributed by atoms with Gasteiger partial charge in [-0.1, -0.05) is 49.4 Å². The Hall–Kier alpha value is -2.31. The number of thioether (sulfide) groups is 1. The maximum atomic E-state index is 12.9. The Bertz CT molecular complexity index is 789. The third-order valence-corrected chi connectivity index (χ3v) is 5.73. The number of nitrogens with one attached hydrogen (secondary N) is 1. The zero-order valence-corrected chi connectivity index (χ0v) is 17.1. The number of piperazine rings is 1. The summed E-state index contributed by atoms with van der Waals surface area (Å²) in [7, 11) is 0. The number of hydrogen-bond acceptors (Lipinski definition) is 4. The molecular formula is C22H27N3O2S. The summed E-state index contributed by atoms with van der Waals surface area (Å²) in [6.45, 7) is 5.74. The fourth-order valence-corrected chi connectivity index (χ4v) is 4.06. The lowest BCUT2D eigenvalue weighted by Gasteiger charge is -2.34. The van der Waals surface area contributed by atoms with Crippen LogP contribution in [0.2, 0.25) is 0 Å². The molecule has 0 bridgehead atoms. The van der Waals surface area contributed by atoms with Gasteiger partial charge in [0.2, 0.25) is 5.91 Å². The monoisotopic (exact) mass is 397 g/mol. The van der Waals surface area contributed by atoms with Gasteiger partial charge in [-0.2, -0.15) is 0 Å². The standard InChI is InChI=1S/C22H27N3O2S/c1-2-28-20-11-7-6-10-19(20)22(27)25-14-12-24(13-15-25)17-21(26)23-16-18-8-4-3-5-9-18/h3-11H,2,12-17H2,1H3,(H,23,26). The highest BCUT2D eigenvalue weighted by atomic mass is 32.2. The Morgan fingerprint density at radius 3 is 2.36 bits per heavy atom. The molecule has 0 atom stereocenters. The third-order valence-electron chi connectivity index (χ3n) is 4.78. The maximum Gasteiger partial charge on any atom is 0.255 e. The van der Waals surface area contributed by atoms with E-state index in [9.17, 15) is 9.59 Å². The number of carbonyl (C=O) groups excluding carboxylic acids is 2. The van der Waals surface area contributed by atoms with E-state index in [0.29, 0.717) is 39.3 Å². The zero-order chi connectivity index (χ0) is 19.8. The first kappa shape index (κ1) is 20.4. The molecule has 0 aliphatic carbocycles. The van der Waals surface area contributed by atoms with Crippen molar-refractivity contribution in [1.29, 1.82) is 0 Å². The molecule has 148 valence electrons. The van der Waals surface area contributed by atoms with Crippen LogP contribution in [0, 0.1) is 0 Å². The van der Waals surface area contributed by atoms with Crippen LogP contribution in [-0.4, -0.2) is 60.1 Å². The fraction of sp³-hybridized carbons (Fsp3) is 0.364. The predicted octanol–water partition coefficient (Wildman–Crippen LogP) is 2.87. The van der Waals surface area contributed by atoms with Crippen LogP contribution in [0.15, 0.2) is 59.5 Å². The highest BCUT2D eigenvalue weighted by Crippen LogP contribution is 2.24. The van der Waals surface area contributed by atoms with Crippen LogP contribution in [-0.2, 0) is 11.3 Å². The molecular weight excluding hydrogens is 370 g/mol. The van der Waals surface area contributed by atoms with Gasteiger partial charge in [-0.05, 0) is 23.4 Å². The van der Waals surface area contributed by atoms with Crippen LogP contribution in [0.1, 0.15) is 22.8 Å². The van der Waals surface area contributed by atoms with Gasteiger partial charge in [0.1, 0.15) is 0 Å². The molecule has 2 amide bonds. The van der Waals surface area contributed by atoms with E-state index in [1.54, 1.807) is 11.8 Å². The Morgan fingerprint density at radius 2 is 1.64 bits per heavy atom. The number of nitrogens with zero attached hydrogens (tertiary/aromatic N) is 2. The lowest BCUT2D eigenvalue weighted by molar-refractivity contribution is -0.122. The topological polar surface area (TPSA) is 52.7 Å². The molecule has 0 aromatic heterocycles. The first-order valence-electron chi connectivity index (χ1n) is 9.71. The van der Waals surface area contributed by atoms with E-state index in [2.05, 4.69) is 17.1 Å². The van der Waals surface area contributed by atoms with Crippen LogP contribution in [0.5, 0.6) is 0 Å². The lowest BCUT2D eigenvalue weighted by atomic mass is 10.2. The van der Waals surface area contributed by atoms with Crippen molar-refractivity contribution in [3.05, 3.63) is 65.7 Å². The summed E-state index contributed by atoms with van der Waals surface area (Å²) in [5.41, 5.74) is 1.87. The molecule has 1 aliphatic rings. The maximum absolute atomic E-state index is 12.9.